The Morgan fingerprint density at radius 1 is 1.24 bits per heavy atom. The van der Waals surface area contributed by atoms with Crippen LogP contribution in [0.2, 0.25) is 0 Å². The molecule has 0 aromatic heterocycles. The number of rotatable bonds is 7. The summed E-state index contributed by atoms with van der Waals surface area (Å²) < 4.78 is 10.8. The van der Waals surface area contributed by atoms with Gasteiger partial charge in [0.05, 0.1) is 6.54 Å². The van der Waals surface area contributed by atoms with E-state index in [0.29, 0.717) is 31.6 Å². The summed E-state index contributed by atoms with van der Waals surface area (Å²) in [5.74, 6) is 1.83. The minimum atomic E-state index is -0.299. The number of hydrogen-bond acceptors (Lipinski definition) is 3. The Bertz CT molecular complexity index is 253. The maximum absolute atomic E-state index is 11.9. The van der Waals surface area contributed by atoms with Crippen LogP contribution in [0.5, 0.6) is 0 Å². The molecule has 2 fully saturated rings. The lowest BCUT2D eigenvalue weighted by Gasteiger charge is -2.17. The van der Waals surface area contributed by atoms with Crippen LogP contribution in [0.4, 0.5) is 0 Å². The average molecular weight is 241 g/mol. The quantitative estimate of drug-likeness (QED) is 0.688. The maximum atomic E-state index is 11.9. The smallest absolute Gasteiger partial charge is 0.223 e. The molecule has 4 nitrogen and oxygen atoms in total. The molecule has 98 valence electrons. The van der Waals surface area contributed by atoms with Gasteiger partial charge in [-0.15, -0.1) is 0 Å². The lowest BCUT2D eigenvalue weighted by Crippen LogP contribution is -2.36. The molecule has 0 saturated heterocycles. The molecule has 2 atom stereocenters. The summed E-state index contributed by atoms with van der Waals surface area (Å²) >= 11 is 0. The van der Waals surface area contributed by atoms with E-state index in [1.54, 1.807) is 0 Å². The van der Waals surface area contributed by atoms with Gasteiger partial charge in [0.25, 0.3) is 0 Å². The van der Waals surface area contributed by atoms with Gasteiger partial charge in [0.1, 0.15) is 0 Å². The first kappa shape index (κ1) is 12.8. The number of nitrogens with one attached hydrogen (secondary N) is 1. The fraction of sp³-hybridized carbons (Fsp3) is 0.923. The minimum absolute atomic E-state index is 0.198. The SMILES string of the molecule is CCOC(CNC(=O)C1C2CCCC21)OCC. The number of carbonyl (C=O) groups excluding carboxylic acids is 1. The highest BCUT2D eigenvalue weighted by Crippen LogP contribution is 2.57. The molecule has 0 heterocycles. The lowest BCUT2D eigenvalue weighted by molar-refractivity contribution is -0.141. The second kappa shape index (κ2) is 5.83. The van der Waals surface area contributed by atoms with Crippen LogP contribution in [0.25, 0.3) is 0 Å². The Kier molecular flexibility index (Phi) is 4.40. The lowest BCUT2D eigenvalue weighted by atomic mass is 10.1. The Morgan fingerprint density at radius 2 is 1.82 bits per heavy atom. The average Bonchev–Trinajstić information content (AvgIpc) is 2.80. The predicted octanol–water partition coefficient (Wildman–Crippen LogP) is 1.55. The van der Waals surface area contributed by atoms with E-state index in [-0.39, 0.29) is 18.1 Å². The van der Waals surface area contributed by atoms with E-state index in [0.717, 1.165) is 0 Å². The second-order valence-corrected chi connectivity index (χ2v) is 4.87. The molecular formula is C13H23NO3. The van der Waals surface area contributed by atoms with Gasteiger partial charge in [0.15, 0.2) is 6.29 Å². The molecule has 0 bridgehead atoms. The van der Waals surface area contributed by atoms with E-state index in [9.17, 15) is 4.79 Å². The van der Waals surface area contributed by atoms with Gasteiger partial charge in [-0.25, -0.2) is 0 Å². The zero-order valence-corrected chi connectivity index (χ0v) is 10.8. The van der Waals surface area contributed by atoms with Crippen molar-refractivity contribution in [2.45, 2.75) is 39.4 Å². The van der Waals surface area contributed by atoms with Crippen molar-refractivity contribution in [2.75, 3.05) is 19.8 Å². The van der Waals surface area contributed by atoms with Crippen molar-refractivity contribution in [3.8, 4) is 0 Å². The number of ether oxygens (including phenoxy) is 2. The van der Waals surface area contributed by atoms with Gasteiger partial charge in [-0.1, -0.05) is 6.42 Å². The summed E-state index contributed by atoms with van der Waals surface area (Å²) in [6.07, 6.45) is 3.48. The second-order valence-electron chi connectivity index (χ2n) is 4.87. The standard InChI is InChI=1S/C13H23NO3/c1-3-16-11(17-4-2)8-14-13(15)12-9-6-5-7-10(9)12/h9-12H,3-8H2,1-2H3,(H,14,15). The van der Waals surface area contributed by atoms with Crippen LogP contribution in [0.1, 0.15) is 33.1 Å². The molecule has 0 aromatic carbocycles. The molecule has 0 radical (unpaired) electrons. The first-order valence-corrected chi connectivity index (χ1v) is 6.78. The van der Waals surface area contributed by atoms with Crippen LogP contribution in [0, 0.1) is 17.8 Å². The molecule has 1 N–H and O–H groups in total. The Morgan fingerprint density at radius 3 is 2.35 bits per heavy atom. The van der Waals surface area contributed by atoms with Crippen molar-refractivity contribution in [1.82, 2.24) is 5.32 Å². The topological polar surface area (TPSA) is 47.6 Å². The van der Waals surface area contributed by atoms with Gasteiger partial charge in [-0.05, 0) is 38.5 Å². The van der Waals surface area contributed by atoms with Crippen molar-refractivity contribution in [3.63, 3.8) is 0 Å². The third-order valence-electron chi connectivity index (χ3n) is 3.86. The Balaban J connectivity index is 1.68. The van der Waals surface area contributed by atoms with E-state index < -0.39 is 0 Å². The van der Waals surface area contributed by atoms with Gasteiger partial charge in [0.2, 0.25) is 5.91 Å². The van der Waals surface area contributed by atoms with Crippen LogP contribution in [0.15, 0.2) is 0 Å². The minimum Gasteiger partial charge on any atom is -0.351 e. The zero-order valence-electron chi connectivity index (χ0n) is 10.8. The summed E-state index contributed by atoms with van der Waals surface area (Å²) in [5.41, 5.74) is 0. The third kappa shape index (κ3) is 2.99. The highest BCUT2D eigenvalue weighted by Gasteiger charge is 2.56. The highest BCUT2D eigenvalue weighted by molar-refractivity contribution is 5.82. The normalized spacial score (nSPS) is 30.4. The molecule has 2 saturated carbocycles. The molecule has 2 aliphatic carbocycles. The van der Waals surface area contributed by atoms with Crippen molar-refractivity contribution in [1.29, 1.82) is 0 Å². The third-order valence-corrected chi connectivity index (χ3v) is 3.86. The molecule has 1 amide bonds. The molecule has 4 heteroatoms. The summed E-state index contributed by atoms with van der Waals surface area (Å²) in [4.78, 5) is 11.9. The van der Waals surface area contributed by atoms with Gasteiger partial charge >= 0.3 is 0 Å². The molecular weight excluding hydrogens is 218 g/mol. The van der Waals surface area contributed by atoms with Gasteiger partial charge in [0, 0.05) is 19.1 Å². The number of fused-ring (bicyclic) bond motifs is 1. The number of hydrogen-bond donors (Lipinski definition) is 1. The summed E-state index contributed by atoms with van der Waals surface area (Å²) in [5, 5.41) is 2.95. The van der Waals surface area contributed by atoms with Gasteiger partial charge < -0.3 is 14.8 Å². The molecule has 0 aliphatic heterocycles. The fourth-order valence-electron chi connectivity index (χ4n) is 3.05. The molecule has 0 spiro atoms. The van der Waals surface area contributed by atoms with Crippen molar-refractivity contribution >= 4 is 5.91 Å². The molecule has 0 aromatic rings. The van der Waals surface area contributed by atoms with Crippen molar-refractivity contribution < 1.29 is 14.3 Å². The Labute approximate surface area is 103 Å². The summed E-state index contributed by atoms with van der Waals surface area (Å²) in [6, 6.07) is 0. The van der Waals surface area contributed by atoms with E-state index in [4.69, 9.17) is 9.47 Å². The first-order valence-electron chi connectivity index (χ1n) is 6.78. The molecule has 2 aliphatic rings. The van der Waals surface area contributed by atoms with Crippen LogP contribution < -0.4 is 5.32 Å². The fourth-order valence-corrected chi connectivity index (χ4v) is 3.05. The van der Waals surface area contributed by atoms with E-state index in [1.807, 2.05) is 13.8 Å². The predicted molar refractivity (Wildman–Crippen MR) is 64.4 cm³/mol. The monoisotopic (exact) mass is 241 g/mol. The summed E-state index contributed by atoms with van der Waals surface area (Å²) in [6.45, 7) is 5.54. The molecule has 2 unspecified atom stereocenters. The largest absolute Gasteiger partial charge is 0.351 e. The van der Waals surface area contributed by atoms with Gasteiger partial charge in [-0.2, -0.15) is 0 Å². The van der Waals surface area contributed by atoms with E-state index >= 15 is 0 Å². The van der Waals surface area contributed by atoms with Gasteiger partial charge in [-0.3, -0.25) is 4.79 Å². The number of amides is 1. The van der Waals surface area contributed by atoms with Crippen LogP contribution in [-0.4, -0.2) is 32.0 Å². The van der Waals surface area contributed by atoms with Crippen molar-refractivity contribution in [2.24, 2.45) is 17.8 Å². The maximum Gasteiger partial charge on any atom is 0.223 e. The Hall–Kier alpha value is -0.610. The number of carbonyl (C=O) groups is 1. The van der Waals surface area contributed by atoms with Crippen LogP contribution in [0.3, 0.4) is 0 Å². The van der Waals surface area contributed by atoms with Crippen molar-refractivity contribution in [3.05, 3.63) is 0 Å². The first-order chi connectivity index (χ1) is 8.27. The highest BCUT2D eigenvalue weighted by atomic mass is 16.7. The molecule has 2 rings (SSSR count). The van der Waals surface area contributed by atoms with Crippen LogP contribution >= 0.6 is 0 Å². The summed E-state index contributed by atoms with van der Waals surface area (Å²) in [7, 11) is 0. The molecule has 17 heavy (non-hydrogen) atoms. The van der Waals surface area contributed by atoms with Crippen LogP contribution in [-0.2, 0) is 14.3 Å². The zero-order chi connectivity index (χ0) is 12.3. The van der Waals surface area contributed by atoms with E-state index in [2.05, 4.69) is 5.32 Å². The van der Waals surface area contributed by atoms with E-state index in [1.165, 1.54) is 19.3 Å².